The summed E-state index contributed by atoms with van der Waals surface area (Å²) in [5, 5.41) is 14.6. The van der Waals surface area contributed by atoms with Crippen molar-refractivity contribution in [1.29, 1.82) is 5.26 Å². The molecule has 0 radical (unpaired) electrons. The van der Waals surface area contributed by atoms with Gasteiger partial charge in [-0.15, -0.1) is 0 Å². The SMILES string of the molecule is N#CC1(CC(=O)[C@@H]2CCCC[C@H]2c2nn(-c3cnc(=O)[nH]c3)cc2-c2ccc(N3CCS(=O)(=O)CC3)cc2)CC1. The Kier molecular flexibility index (Phi) is 6.82. The van der Waals surface area contributed by atoms with Crippen molar-refractivity contribution in [3.05, 3.63) is 59.0 Å². The highest BCUT2D eigenvalue weighted by Gasteiger charge is 2.47. The third kappa shape index (κ3) is 5.32. The van der Waals surface area contributed by atoms with Gasteiger partial charge in [-0.3, -0.25) is 4.79 Å². The lowest BCUT2D eigenvalue weighted by Crippen LogP contribution is -2.40. The van der Waals surface area contributed by atoms with E-state index in [-0.39, 0.29) is 29.1 Å². The molecule has 0 bridgehead atoms. The van der Waals surface area contributed by atoms with E-state index in [1.807, 2.05) is 30.5 Å². The predicted molar refractivity (Wildman–Crippen MR) is 150 cm³/mol. The standard InChI is InChI=1S/C29H32N6O4S/c30-19-29(9-10-29)15-26(36)23-3-1-2-4-24(23)27-25(18-35(33-27)22-16-31-28(37)32-17-22)20-5-7-21(8-6-20)34-11-13-40(38,39)14-12-34/h5-8,16-18,23-24H,1-4,9-15H2,(H,31,32,37)/t23-,24-/m1/s1. The van der Waals surface area contributed by atoms with Crippen LogP contribution in [0.5, 0.6) is 0 Å². The largest absolute Gasteiger partial charge is 0.369 e. The highest BCUT2D eigenvalue weighted by atomic mass is 32.2. The van der Waals surface area contributed by atoms with E-state index in [4.69, 9.17) is 5.10 Å². The Morgan fingerprint density at radius 2 is 1.82 bits per heavy atom. The first kappa shape index (κ1) is 26.4. The number of carbonyl (C=O) groups is 1. The molecule has 6 rings (SSSR count). The molecule has 3 heterocycles. The number of benzene rings is 1. The quantitative estimate of drug-likeness (QED) is 0.463. The molecule has 3 fully saturated rings. The van der Waals surface area contributed by atoms with Crippen molar-refractivity contribution in [2.24, 2.45) is 11.3 Å². The zero-order valence-electron chi connectivity index (χ0n) is 22.3. The molecule has 0 amide bonds. The third-order valence-corrected chi connectivity index (χ3v) is 10.3. The maximum atomic E-state index is 13.5. The van der Waals surface area contributed by atoms with Gasteiger partial charge in [0, 0.05) is 55.0 Å². The summed E-state index contributed by atoms with van der Waals surface area (Å²) in [5.74, 6) is 0.205. The summed E-state index contributed by atoms with van der Waals surface area (Å²) in [6.45, 7) is 0.945. The van der Waals surface area contributed by atoms with Crippen LogP contribution in [0.15, 0.2) is 47.7 Å². The van der Waals surface area contributed by atoms with E-state index in [0.29, 0.717) is 25.2 Å². The number of sulfone groups is 1. The van der Waals surface area contributed by atoms with Gasteiger partial charge in [0.2, 0.25) is 0 Å². The number of H-pyrrole nitrogens is 1. The van der Waals surface area contributed by atoms with Crippen LogP contribution in [0.4, 0.5) is 5.69 Å². The average Bonchev–Trinajstić information content (AvgIpc) is 3.60. The zero-order valence-corrected chi connectivity index (χ0v) is 23.1. The summed E-state index contributed by atoms with van der Waals surface area (Å²) >= 11 is 0. The van der Waals surface area contributed by atoms with E-state index in [2.05, 4.69) is 20.9 Å². The van der Waals surface area contributed by atoms with E-state index in [9.17, 15) is 23.3 Å². The van der Waals surface area contributed by atoms with Gasteiger partial charge in [-0.2, -0.15) is 15.3 Å². The molecule has 0 unspecified atom stereocenters. The lowest BCUT2D eigenvalue weighted by molar-refractivity contribution is -0.125. The molecule has 10 nitrogen and oxygen atoms in total. The molecular formula is C29H32N6O4S. The number of aromatic amines is 1. The summed E-state index contributed by atoms with van der Waals surface area (Å²) in [4.78, 5) is 33.6. The number of rotatable bonds is 7. The molecule has 3 aliphatic rings. The molecule has 1 aromatic carbocycles. The van der Waals surface area contributed by atoms with Crippen LogP contribution in [0.25, 0.3) is 16.8 Å². The van der Waals surface area contributed by atoms with Gasteiger partial charge in [-0.25, -0.2) is 17.9 Å². The number of ketones is 1. The van der Waals surface area contributed by atoms with Crippen LogP contribution in [0.2, 0.25) is 0 Å². The van der Waals surface area contributed by atoms with Crippen LogP contribution in [0.3, 0.4) is 0 Å². The number of hydrogen-bond acceptors (Lipinski definition) is 8. The monoisotopic (exact) mass is 560 g/mol. The topological polar surface area (TPSA) is 142 Å². The lowest BCUT2D eigenvalue weighted by atomic mass is 9.72. The summed E-state index contributed by atoms with van der Waals surface area (Å²) in [6.07, 6.45) is 10.5. The second kappa shape index (κ2) is 10.3. The Morgan fingerprint density at radius 1 is 1.10 bits per heavy atom. The fourth-order valence-corrected chi connectivity index (χ4v) is 7.29. The Balaban J connectivity index is 1.35. The molecule has 1 saturated heterocycles. The number of nitrogens with one attached hydrogen (secondary N) is 1. The van der Waals surface area contributed by atoms with Crippen molar-refractivity contribution in [2.45, 2.75) is 50.9 Å². The molecular weight excluding hydrogens is 528 g/mol. The van der Waals surface area contributed by atoms with Gasteiger partial charge >= 0.3 is 5.69 Å². The highest BCUT2D eigenvalue weighted by Crippen LogP contribution is 2.51. The summed E-state index contributed by atoms with van der Waals surface area (Å²) in [5.41, 5.74) is 3.34. The molecule has 1 N–H and O–H groups in total. The fraction of sp³-hybridized carbons (Fsp3) is 0.483. The number of Topliss-reactive ketones (excluding diaryl/α,β-unsaturated/α-hetero) is 1. The molecule has 2 saturated carbocycles. The Morgan fingerprint density at radius 3 is 2.48 bits per heavy atom. The van der Waals surface area contributed by atoms with Crippen molar-refractivity contribution in [1.82, 2.24) is 19.7 Å². The second-order valence-corrected chi connectivity index (χ2v) is 13.7. The van der Waals surface area contributed by atoms with Gasteiger partial charge in [0.15, 0.2) is 9.84 Å². The number of nitriles is 1. The van der Waals surface area contributed by atoms with Crippen LogP contribution in [0, 0.1) is 22.7 Å². The van der Waals surface area contributed by atoms with E-state index in [1.165, 1.54) is 6.20 Å². The lowest BCUT2D eigenvalue weighted by Gasteiger charge is -2.31. The van der Waals surface area contributed by atoms with Gasteiger partial charge in [-0.1, -0.05) is 25.0 Å². The maximum Gasteiger partial charge on any atom is 0.345 e. The normalized spacial score (nSPS) is 23.3. The molecule has 2 aromatic heterocycles. The highest BCUT2D eigenvalue weighted by molar-refractivity contribution is 7.91. The van der Waals surface area contributed by atoms with E-state index in [1.54, 1.807) is 10.9 Å². The first-order valence-electron chi connectivity index (χ1n) is 13.9. The molecule has 1 aliphatic heterocycles. The van der Waals surface area contributed by atoms with Crippen LogP contribution < -0.4 is 10.6 Å². The third-order valence-electron chi connectivity index (χ3n) is 8.69. The Labute approximate surface area is 233 Å². The minimum absolute atomic E-state index is 0.0744. The van der Waals surface area contributed by atoms with Crippen LogP contribution in [-0.2, 0) is 14.6 Å². The first-order chi connectivity index (χ1) is 19.3. The number of anilines is 1. The second-order valence-electron chi connectivity index (χ2n) is 11.4. The zero-order chi connectivity index (χ0) is 27.9. The van der Waals surface area contributed by atoms with E-state index >= 15 is 0 Å². The van der Waals surface area contributed by atoms with Crippen LogP contribution in [-0.4, -0.2) is 58.5 Å². The average molecular weight is 561 g/mol. The molecule has 208 valence electrons. The van der Waals surface area contributed by atoms with Crippen molar-refractivity contribution >= 4 is 21.3 Å². The minimum Gasteiger partial charge on any atom is -0.369 e. The number of nitrogens with zero attached hydrogens (tertiary/aromatic N) is 5. The molecule has 3 aromatic rings. The van der Waals surface area contributed by atoms with Crippen molar-refractivity contribution in [3.8, 4) is 22.9 Å². The van der Waals surface area contributed by atoms with Crippen LogP contribution >= 0.6 is 0 Å². The summed E-state index contributed by atoms with van der Waals surface area (Å²) in [7, 11) is -2.97. The van der Waals surface area contributed by atoms with Gasteiger partial charge in [0.05, 0.1) is 40.6 Å². The number of hydrogen-bond donors (Lipinski definition) is 1. The molecule has 0 spiro atoms. The Bertz CT molecular complexity index is 1600. The molecule has 40 heavy (non-hydrogen) atoms. The van der Waals surface area contributed by atoms with Gasteiger partial charge < -0.3 is 9.88 Å². The molecule has 2 aliphatic carbocycles. The first-order valence-corrected chi connectivity index (χ1v) is 15.7. The van der Waals surface area contributed by atoms with Crippen LogP contribution in [0.1, 0.15) is 56.6 Å². The number of aromatic nitrogens is 4. The van der Waals surface area contributed by atoms with Gasteiger partial charge in [-0.05, 0) is 43.4 Å². The number of carbonyl (C=O) groups excluding carboxylic acids is 1. The Hall–Kier alpha value is -3.78. The molecule has 2 atom stereocenters. The summed E-state index contributed by atoms with van der Waals surface area (Å²) < 4.78 is 25.4. The van der Waals surface area contributed by atoms with E-state index in [0.717, 1.165) is 61.0 Å². The van der Waals surface area contributed by atoms with E-state index < -0.39 is 20.9 Å². The smallest absolute Gasteiger partial charge is 0.345 e. The minimum atomic E-state index is -2.97. The van der Waals surface area contributed by atoms with Crippen molar-refractivity contribution in [3.63, 3.8) is 0 Å². The fourth-order valence-electron chi connectivity index (χ4n) is 6.09. The predicted octanol–water partition coefficient (Wildman–Crippen LogP) is 3.39. The summed E-state index contributed by atoms with van der Waals surface area (Å²) in [6, 6.07) is 10.4. The molecule has 11 heteroatoms. The maximum absolute atomic E-state index is 13.5. The van der Waals surface area contributed by atoms with Crippen molar-refractivity contribution in [2.75, 3.05) is 29.5 Å². The van der Waals surface area contributed by atoms with Crippen molar-refractivity contribution < 1.29 is 13.2 Å². The van der Waals surface area contributed by atoms with Gasteiger partial charge in [0.25, 0.3) is 0 Å². The van der Waals surface area contributed by atoms with Gasteiger partial charge in [0.1, 0.15) is 5.78 Å².